The van der Waals surface area contributed by atoms with E-state index in [1.807, 2.05) is 23.9 Å². The van der Waals surface area contributed by atoms with Gasteiger partial charge in [-0.15, -0.1) is 0 Å². The van der Waals surface area contributed by atoms with Gasteiger partial charge in [0, 0.05) is 18.3 Å². The molecule has 1 aromatic rings. The molecule has 1 aromatic carbocycles. The average molecular weight is 281 g/mol. The molecule has 0 saturated carbocycles. The summed E-state index contributed by atoms with van der Waals surface area (Å²) in [4.78, 5) is 2.37. The van der Waals surface area contributed by atoms with Gasteiger partial charge in [0.05, 0.1) is 6.10 Å². The summed E-state index contributed by atoms with van der Waals surface area (Å²) in [5, 5.41) is 10.2. The van der Waals surface area contributed by atoms with Gasteiger partial charge in [-0.25, -0.2) is 0 Å². The van der Waals surface area contributed by atoms with E-state index in [1.54, 1.807) is 0 Å². The Morgan fingerprint density at radius 1 is 1.37 bits per heavy atom. The van der Waals surface area contributed by atoms with Gasteiger partial charge >= 0.3 is 0 Å². The third-order valence-corrected chi connectivity index (χ3v) is 4.35. The van der Waals surface area contributed by atoms with Gasteiger partial charge in [0.15, 0.2) is 0 Å². The smallest absolute Gasteiger partial charge is 0.0802 e. The normalized spacial score (nSPS) is 14.6. The molecule has 3 heteroatoms. The van der Waals surface area contributed by atoms with Crippen molar-refractivity contribution < 1.29 is 5.11 Å². The first-order valence-electron chi connectivity index (χ1n) is 7.02. The van der Waals surface area contributed by atoms with Crippen LogP contribution in [0.4, 0.5) is 0 Å². The fraction of sp³-hybridized carbons (Fsp3) is 0.625. The first-order valence-corrected chi connectivity index (χ1v) is 8.41. The highest BCUT2D eigenvalue weighted by atomic mass is 32.2. The van der Waals surface area contributed by atoms with Crippen LogP contribution < -0.4 is 0 Å². The molecule has 1 rings (SSSR count). The molecule has 108 valence electrons. The standard InChI is InChI=1S/C16H27NOS/c1-5-15(12-19-4)17(3)10-9-16(18)14-8-6-7-13(2)11-14/h6-8,11,15-16,18H,5,9-10,12H2,1-4H3. The SMILES string of the molecule is CCC(CSC)N(C)CCC(O)c1cccc(C)c1. The number of aliphatic hydroxyl groups is 1. The van der Waals surface area contributed by atoms with Crippen LogP contribution >= 0.6 is 11.8 Å². The lowest BCUT2D eigenvalue weighted by Gasteiger charge is -2.27. The largest absolute Gasteiger partial charge is 0.388 e. The summed E-state index contributed by atoms with van der Waals surface area (Å²) in [7, 11) is 2.16. The van der Waals surface area contributed by atoms with E-state index in [2.05, 4.69) is 44.2 Å². The molecule has 0 aliphatic rings. The molecular weight excluding hydrogens is 254 g/mol. The fourth-order valence-electron chi connectivity index (χ4n) is 2.30. The summed E-state index contributed by atoms with van der Waals surface area (Å²) >= 11 is 1.89. The molecule has 0 fully saturated rings. The molecule has 0 saturated heterocycles. The first kappa shape index (κ1) is 16.5. The van der Waals surface area contributed by atoms with Crippen molar-refractivity contribution in [3.8, 4) is 0 Å². The zero-order chi connectivity index (χ0) is 14.3. The second kappa shape index (κ2) is 8.62. The number of aryl methyl sites for hydroxylation is 1. The Morgan fingerprint density at radius 3 is 2.68 bits per heavy atom. The van der Waals surface area contributed by atoms with E-state index >= 15 is 0 Å². The van der Waals surface area contributed by atoms with Crippen LogP contribution in [0.5, 0.6) is 0 Å². The summed E-state index contributed by atoms with van der Waals surface area (Å²) in [6.45, 7) is 5.23. The third-order valence-electron chi connectivity index (χ3n) is 3.64. The second-order valence-corrected chi connectivity index (χ2v) is 6.13. The van der Waals surface area contributed by atoms with Crippen LogP contribution in [0.25, 0.3) is 0 Å². The van der Waals surface area contributed by atoms with Crippen molar-refractivity contribution >= 4 is 11.8 Å². The molecule has 2 unspecified atom stereocenters. The van der Waals surface area contributed by atoms with Crippen LogP contribution in [0.1, 0.15) is 37.0 Å². The van der Waals surface area contributed by atoms with Gasteiger partial charge in [0.2, 0.25) is 0 Å². The van der Waals surface area contributed by atoms with E-state index < -0.39 is 0 Å². The Bertz CT molecular complexity index is 370. The van der Waals surface area contributed by atoms with E-state index in [-0.39, 0.29) is 6.10 Å². The first-order chi connectivity index (χ1) is 9.08. The van der Waals surface area contributed by atoms with Crippen molar-refractivity contribution in [2.75, 3.05) is 25.6 Å². The van der Waals surface area contributed by atoms with Crippen molar-refractivity contribution in [1.82, 2.24) is 4.90 Å². The molecule has 0 amide bonds. The molecule has 2 nitrogen and oxygen atoms in total. The van der Waals surface area contributed by atoms with Gasteiger partial charge in [-0.2, -0.15) is 11.8 Å². The van der Waals surface area contributed by atoms with Gasteiger partial charge in [0.1, 0.15) is 0 Å². The summed E-state index contributed by atoms with van der Waals surface area (Å²) < 4.78 is 0. The van der Waals surface area contributed by atoms with Crippen LogP contribution in [0.3, 0.4) is 0 Å². The number of aliphatic hydroxyl groups excluding tert-OH is 1. The molecule has 0 heterocycles. The lowest BCUT2D eigenvalue weighted by atomic mass is 10.0. The summed E-state index contributed by atoms with van der Waals surface area (Å²) in [6.07, 6.45) is 3.76. The molecule has 0 spiro atoms. The Balaban J connectivity index is 2.47. The van der Waals surface area contributed by atoms with Crippen molar-refractivity contribution in [2.24, 2.45) is 0 Å². The van der Waals surface area contributed by atoms with Gasteiger partial charge in [-0.1, -0.05) is 36.8 Å². The molecular formula is C16H27NOS. The number of rotatable bonds is 8. The van der Waals surface area contributed by atoms with Crippen LogP contribution in [-0.4, -0.2) is 41.6 Å². The lowest BCUT2D eigenvalue weighted by Crippen LogP contribution is -2.34. The Morgan fingerprint density at radius 2 is 2.11 bits per heavy atom. The van der Waals surface area contributed by atoms with Crippen molar-refractivity contribution in [3.05, 3.63) is 35.4 Å². The van der Waals surface area contributed by atoms with Crippen molar-refractivity contribution in [2.45, 2.75) is 38.8 Å². The van der Waals surface area contributed by atoms with Crippen LogP contribution in [-0.2, 0) is 0 Å². The zero-order valence-corrected chi connectivity index (χ0v) is 13.4. The minimum absolute atomic E-state index is 0.353. The molecule has 0 radical (unpaired) electrons. The van der Waals surface area contributed by atoms with Crippen LogP contribution in [0.15, 0.2) is 24.3 Å². The molecule has 19 heavy (non-hydrogen) atoms. The Hall–Kier alpha value is -0.510. The second-order valence-electron chi connectivity index (χ2n) is 5.22. The molecule has 0 aliphatic carbocycles. The Kier molecular flexibility index (Phi) is 7.51. The van der Waals surface area contributed by atoms with E-state index in [9.17, 15) is 5.11 Å². The maximum absolute atomic E-state index is 10.2. The number of hydrogen-bond acceptors (Lipinski definition) is 3. The third kappa shape index (κ3) is 5.55. The number of thioether (sulfide) groups is 1. The maximum Gasteiger partial charge on any atom is 0.0802 e. The highest BCUT2D eigenvalue weighted by molar-refractivity contribution is 7.98. The van der Waals surface area contributed by atoms with Crippen molar-refractivity contribution in [3.63, 3.8) is 0 Å². The number of nitrogens with zero attached hydrogens (tertiary/aromatic N) is 1. The maximum atomic E-state index is 10.2. The minimum atomic E-state index is -0.353. The van der Waals surface area contributed by atoms with E-state index in [4.69, 9.17) is 0 Å². The quantitative estimate of drug-likeness (QED) is 0.789. The summed E-state index contributed by atoms with van der Waals surface area (Å²) in [6, 6.07) is 8.77. The van der Waals surface area contributed by atoms with Crippen LogP contribution in [0, 0.1) is 6.92 Å². The lowest BCUT2D eigenvalue weighted by molar-refractivity contribution is 0.139. The predicted octanol–water partition coefficient (Wildman–Crippen LogP) is 3.49. The monoisotopic (exact) mass is 281 g/mol. The molecule has 1 N–H and O–H groups in total. The van der Waals surface area contributed by atoms with Gasteiger partial charge in [0.25, 0.3) is 0 Å². The predicted molar refractivity (Wildman–Crippen MR) is 85.8 cm³/mol. The van der Waals surface area contributed by atoms with E-state index in [1.165, 1.54) is 5.56 Å². The van der Waals surface area contributed by atoms with Gasteiger partial charge in [-0.3, -0.25) is 0 Å². The highest BCUT2D eigenvalue weighted by Crippen LogP contribution is 2.19. The molecule has 0 bridgehead atoms. The topological polar surface area (TPSA) is 23.5 Å². The van der Waals surface area contributed by atoms with E-state index in [0.29, 0.717) is 6.04 Å². The zero-order valence-electron chi connectivity index (χ0n) is 12.6. The number of benzene rings is 1. The fourth-order valence-corrected chi connectivity index (χ4v) is 3.18. The van der Waals surface area contributed by atoms with Crippen LogP contribution in [0.2, 0.25) is 0 Å². The number of hydrogen-bond donors (Lipinski definition) is 1. The Labute approximate surface area is 122 Å². The van der Waals surface area contributed by atoms with E-state index in [0.717, 1.165) is 30.7 Å². The van der Waals surface area contributed by atoms with Gasteiger partial charge in [-0.05, 0) is 38.6 Å². The average Bonchev–Trinajstić information content (AvgIpc) is 2.41. The minimum Gasteiger partial charge on any atom is -0.388 e. The highest BCUT2D eigenvalue weighted by Gasteiger charge is 2.14. The van der Waals surface area contributed by atoms with Gasteiger partial charge < -0.3 is 10.0 Å². The summed E-state index contributed by atoms with van der Waals surface area (Å²) in [5.41, 5.74) is 2.24. The molecule has 2 atom stereocenters. The van der Waals surface area contributed by atoms with Crippen molar-refractivity contribution in [1.29, 1.82) is 0 Å². The summed E-state index contributed by atoms with van der Waals surface area (Å²) in [5.74, 6) is 1.16. The molecule has 0 aromatic heterocycles. The molecule has 0 aliphatic heterocycles.